The van der Waals surface area contributed by atoms with Gasteiger partial charge in [0.05, 0.1) is 25.0 Å². The number of anilines is 1. The van der Waals surface area contributed by atoms with Crippen molar-refractivity contribution in [2.24, 2.45) is 0 Å². The van der Waals surface area contributed by atoms with Crippen LogP contribution in [0.4, 0.5) is 5.69 Å². The zero-order valence-electron chi connectivity index (χ0n) is 14.3. The summed E-state index contributed by atoms with van der Waals surface area (Å²) in [4.78, 5) is 23.4. The Labute approximate surface area is 151 Å². The average Bonchev–Trinajstić information content (AvgIpc) is 2.63. The maximum atomic E-state index is 12.0. The van der Waals surface area contributed by atoms with E-state index in [9.17, 15) is 9.59 Å². The molecule has 0 unspecified atom stereocenters. The quantitative estimate of drug-likeness (QED) is 0.727. The SMILES string of the molecule is CCOc1ccccc1CSCC(=O)Nc1ccc(C(=O)OC)cc1. The summed E-state index contributed by atoms with van der Waals surface area (Å²) >= 11 is 1.52. The van der Waals surface area contributed by atoms with Crippen LogP contribution in [0.2, 0.25) is 0 Å². The van der Waals surface area contributed by atoms with Crippen LogP contribution in [-0.2, 0) is 15.3 Å². The van der Waals surface area contributed by atoms with Gasteiger partial charge in [0.1, 0.15) is 5.75 Å². The lowest BCUT2D eigenvalue weighted by Crippen LogP contribution is -2.14. The van der Waals surface area contributed by atoms with Gasteiger partial charge in [-0.2, -0.15) is 0 Å². The third-order valence-electron chi connectivity index (χ3n) is 3.35. The Hall–Kier alpha value is -2.47. The summed E-state index contributed by atoms with van der Waals surface area (Å²) < 4.78 is 10.2. The molecule has 132 valence electrons. The van der Waals surface area contributed by atoms with Gasteiger partial charge in [-0.25, -0.2) is 4.79 Å². The first kappa shape index (κ1) is 18.9. The molecule has 1 N–H and O–H groups in total. The van der Waals surface area contributed by atoms with Crippen molar-refractivity contribution in [2.75, 3.05) is 24.8 Å². The van der Waals surface area contributed by atoms with Crippen molar-refractivity contribution in [1.82, 2.24) is 0 Å². The number of carbonyl (C=O) groups excluding carboxylic acids is 2. The number of thioether (sulfide) groups is 1. The van der Waals surface area contributed by atoms with Crippen molar-refractivity contribution in [1.29, 1.82) is 0 Å². The van der Waals surface area contributed by atoms with Gasteiger partial charge >= 0.3 is 5.97 Å². The third kappa shape index (κ3) is 5.83. The van der Waals surface area contributed by atoms with E-state index in [1.807, 2.05) is 31.2 Å². The molecule has 0 radical (unpaired) electrons. The van der Waals surface area contributed by atoms with Crippen LogP contribution in [0.1, 0.15) is 22.8 Å². The van der Waals surface area contributed by atoms with Crippen LogP contribution in [0, 0.1) is 0 Å². The van der Waals surface area contributed by atoms with Crippen LogP contribution >= 0.6 is 11.8 Å². The highest BCUT2D eigenvalue weighted by Crippen LogP contribution is 2.23. The minimum absolute atomic E-state index is 0.0929. The van der Waals surface area contributed by atoms with Crippen molar-refractivity contribution in [3.8, 4) is 5.75 Å². The number of para-hydroxylation sites is 1. The molecule has 0 bridgehead atoms. The summed E-state index contributed by atoms with van der Waals surface area (Å²) in [6.07, 6.45) is 0. The van der Waals surface area contributed by atoms with E-state index in [1.165, 1.54) is 18.9 Å². The fraction of sp³-hybridized carbons (Fsp3) is 0.263. The molecule has 0 aliphatic carbocycles. The predicted molar refractivity (Wildman–Crippen MR) is 100 cm³/mol. The normalized spacial score (nSPS) is 10.2. The van der Waals surface area contributed by atoms with Crippen LogP contribution in [0.3, 0.4) is 0 Å². The molecule has 0 spiro atoms. The lowest BCUT2D eigenvalue weighted by molar-refractivity contribution is -0.113. The minimum Gasteiger partial charge on any atom is -0.494 e. The molecule has 1 amide bonds. The molecule has 0 atom stereocenters. The van der Waals surface area contributed by atoms with Crippen molar-refractivity contribution in [2.45, 2.75) is 12.7 Å². The Morgan fingerprint density at radius 1 is 1.08 bits per heavy atom. The number of esters is 1. The number of nitrogens with one attached hydrogen (secondary N) is 1. The van der Waals surface area contributed by atoms with E-state index in [-0.39, 0.29) is 5.91 Å². The van der Waals surface area contributed by atoms with Crippen LogP contribution in [0.25, 0.3) is 0 Å². The first-order valence-corrected chi connectivity index (χ1v) is 9.06. The molecule has 2 aromatic carbocycles. The van der Waals surface area contributed by atoms with E-state index in [0.717, 1.165) is 11.3 Å². The highest BCUT2D eigenvalue weighted by molar-refractivity contribution is 7.99. The average molecular weight is 359 g/mol. The summed E-state index contributed by atoms with van der Waals surface area (Å²) in [7, 11) is 1.33. The van der Waals surface area contributed by atoms with Crippen LogP contribution in [-0.4, -0.2) is 31.3 Å². The Morgan fingerprint density at radius 2 is 1.80 bits per heavy atom. The second-order valence-electron chi connectivity index (χ2n) is 5.15. The number of carbonyl (C=O) groups is 2. The van der Waals surface area contributed by atoms with Gasteiger partial charge in [0.15, 0.2) is 0 Å². The number of benzene rings is 2. The summed E-state index contributed by atoms with van der Waals surface area (Å²) in [6, 6.07) is 14.4. The fourth-order valence-corrected chi connectivity index (χ4v) is 3.00. The number of rotatable bonds is 8. The maximum Gasteiger partial charge on any atom is 0.337 e. The third-order valence-corrected chi connectivity index (χ3v) is 4.33. The predicted octanol–water partition coefficient (Wildman–Crippen LogP) is 3.74. The number of amides is 1. The molecule has 0 aliphatic rings. The van der Waals surface area contributed by atoms with E-state index in [4.69, 9.17) is 4.74 Å². The first-order valence-electron chi connectivity index (χ1n) is 7.90. The zero-order valence-corrected chi connectivity index (χ0v) is 15.1. The van der Waals surface area contributed by atoms with E-state index < -0.39 is 5.97 Å². The van der Waals surface area contributed by atoms with Gasteiger partial charge in [-0.15, -0.1) is 11.8 Å². The van der Waals surface area contributed by atoms with Gasteiger partial charge in [-0.1, -0.05) is 18.2 Å². The Morgan fingerprint density at radius 3 is 2.48 bits per heavy atom. The Balaban J connectivity index is 1.82. The second-order valence-corrected chi connectivity index (χ2v) is 6.14. The summed E-state index contributed by atoms with van der Waals surface area (Å²) in [6.45, 7) is 2.56. The molecule has 5 nitrogen and oxygen atoms in total. The van der Waals surface area contributed by atoms with Gasteiger partial charge in [0.25, 0.3) is 0 Å². The molecular weight excluding hydrogens is 338 g/mol. The van der Waals surface area contributed by atoms with E-state index in [0.29, 0.717) is 29.4 Å². The molecular formula is C19H21NO4S. The van der Waals surface area contributed by atoms with Gasteiger partial charge < -0.3 is 14.8 Å². The lowest BCUT2D eigenvalue weighted by atomic mass is 10.2. The van der Waals surface area contributed by atoms with E-state index in [1.54, 1.807) is 24.3 Å². The summed E-state index contributed by atoms with van der Waals surface area (Å²) in [5, 5.41) is 2.81. The number of hydrogen-bond acceptors (Lipinski definition) is 5. The molecule has 0 fully saturated rings. The topological polar surface area (TPSA) is 64.6 Å². The Bertz CT molecular complexity index is 716. The monoisotopic (exact) mass is 359 g/mol. The number of methoxy groups -OCH3 is 1. The molecule has 2 aromatic rings. The summed E-state index contributed by atoms with van der Waals surface area (Å²) in [5.74, 6) is 1.40. The van der Waals surface area contributed by atoms with Crippen molar-refractivity contribution < 1.29 is 19.1 Å². The molecule has 0 saturated carbocycles. The lowest BCUT2D eigenvalue weighted by Gasteiger charge is -2.10. The van der Waals surface area contributed by atoms with Gasteiger partial charge in [-0.05, 0) is 37.3 Å². The van der Waals surface area contributed by atoms with Gasteiger partial charge in [-0.3, -0.25) is 4.79 Å². The van der Waals surface area contributed by atoms with E-state index >= 15 is 0 Å². The highest BCUT2D eigenvalue weighted by atomic mass is 32.2. The fourth-order valence-electron chi connectivity index (χ4n) is 2.18. The van der Waals surface area contributed by atoms with Crippen LogP contribution in [0.5, 0.6) is 5.75 Å². The van der Waals surface area contributed by atoms with Crippen molar-refractivity contribution in [3.63, 3.8) is 0 Å². The largest absolute Gasteiger partial charge is 0.494 e. The standard InChI is InChI=1S/C19H21NO4S/c1-3-24-17-7-5-4-6-15(17)12-25-13-18(21)20-16-10-8-14(9-11-16)19(22)23-2/h4-11H,3,12-13H2,1-2H3,(H,20,21). The molecule has 25 heavy (non-hydrogen) atoms. The van der Waals surface area contributed by atoms with Crippen LogP contribution < -0.4 is 10.1 Å². The van der Waals surface area contributed by atoms with Crippen LogP contribution in [0.15, 0.2) is 48.5 Å². The second kappa shape index (κ2) is 9.74. The highest BCUT2D eigenvalue weighted by Gasteiger charge is 2.08. The molecule has 0 heterocycles. The number of ether oxygens (including phenoxy) is 2. The minimum atomic E-state index is -0.401. The Kier molecular flexibility index (Phi) is 7.35. The number of hydrogen-bond donors (Lipinski definition) is 1. The molecule has 0 aliphatic heterocycles. The van der Waals surface area contributed by atoms with E-state index in [2.05, 4.69) is 10.1 Å². The van der Waals surface area contributed by atoms with Gasteiger partial charge in [0.2, 0.25) is 5.91 Å². The molecule has 0 aromatic heterocycles. The summed E-state index contributed by atoms with van der Waals surface area (Å²) in [5.41, 5.74) is 2.17. The van der Waals surface area contributed by atoms with Gasteiger partial charge in [0, 0.05) is 17.0 Å². The molecule has 6 heteroatoms. The zero-order chi connectivity index (χ0) is 18.1. The maximum absolute atomic E-state index is 12.0. The smallest absolute Gasteiger partial charge is 0.337 e. The van der Waals surface area contributed by atoms with Crippen molar-refractivity contribution in [3.05, 3.63) is 59.7 Å². The first-order chi connectivity index (χ1) is 12.1. The molecule has 0 saturated heterocycles. The molecule has 2 rings (SSSR count). The van der Waals surface area contributed by atoms with Crippen molar-refractivity contribution >= 4 is 29.3 Å².